The number of nitrogens with zero attached hydrogens (tertiary/aromatic N) is 2. The van der Waals surface area contributed by atoms with Crippen LogP contribution in [0.2, 0.25) is 0 Å². The summed E-state index contributed by atoms with van der Waals surface area (Å²) >= 11 is 0. The average Bonchev–Trinajstić information content (AvgIpc) is 2.98. The Bertz CT molecular complexity index is 815. The molecule has 2 N–H and O–H groups in total. The SMILES string of the molecule is C[C@H](Cn1cccn1)NS(=O)(=O)c1ccc2c(c1)CCC(=O)N2. The molecule has 0 saturated heterocycles. The number of fused-ring (bicyclic) bond motifs is 1. The Kier molecular flexibility index (Phi) is 4.18. The van der Waals surface area contributed by atoms with Gasteiger partial charge in [-0.05, 0) is 43.2 Å². The summed E-state index contributed by atoms with van der Waals surface area (Å²) in [5, 5.41) is 6.81. The van der Waals surface area contributed by atoms with Crippen LogP contribution in [0.1, 0.15) is 18.9 Å². The largest absolute Gasteiger partial charge is 0.326 e. The molecule has 0 bridgehead atoms. The van der Waals surface area contributed by atoms with E-state index in [4.69, 9.17) is 0 Å². The number of hydrogen-bond acceptors (Lipinski definition) is 4. The summed E-state index contributed by atoms with van der Waals surface area (Å²) in [4.78, 5) is 11.6. The zero-order valence-corrected chi connectivity index (χ0v) is 13.5. The lowest BCUT2D eigenvalue weighted by molar-refractivity contribution is -0.116. The molecule has 1 amide bonds. The van der Waals surface area contributed by atoms with Gasteiger partial charge in [0.05, 0.1) is 11.4 Å². The molecule has 0 fully saturated rings. The number of anilines is 1. The molecule has 0 aliphatic carbocycles. The maximum Gasteiger partial charge on any atom is 0.240 e. The number of aryl methyl sites for hydroxylation is 1. The van der Waals surface area contributed by atoms with Crippen LogP contribution in [0.15, 0.2) is 41.6 Å². The summed E-state index contributed by atoms with van der Waals surface area (Å²) in [7, 11) is -3.61. The maximum absolute atomic E-state index is 12.5. The van der Waals surface area contributed by atoms with E-state index in [-0.39, 0.29) is 16.8 Å². The molecule has 0 radical (unpaired) electrons. The lowest BCUT2D eigenvalue weighted by Crippen LogP contribution is -2.36. The van der Waals surface area contributed by atoms with Gasteiger partial charge in [-0.3, -0.25) is 9.48 Å². The summed E-state index contributed by atoms with van der Waals surface area (Å²) in [5.74, 6) is -0.0425. The second-order valence-electron chi connectivity index (χ2n) is 5.62. The molecule has 8 heteroatoms. The zero-order chi connectivity index (χ0) is 16.4. The van der Waals surface area contributed by atoms with Gasteiger partial charge in [-0.15, -0.1) is 0 Å². The zero-order valence-electron chi connectivity index (χ0n) is 12.7. The summed E-state index contributed by atoms with van der Waals surface area (Å²) < 4.78 is 29.3. The Labute approximate surface area is 134 Å². The molecule has 0 spiro atoms. The number of nitrogens with one attached hydrogen (secondary N) is 2. The highest BCUT2D eigenvalue weighted by molar-refractivity contribution is 7.89. The quantitative estimate of drug-likeness (QED) is 0.857. The van der Waals surface area contributed by atoms with E-state index in [0.717, 1.165) is 5.56 Å². The van der Waals surface area contributed by atoms with Crippen LogP contribution in [-0.4, -0.2) is 30.1 Å². The van der Waals surface area contributed by atoms with E-state index in [1.165, 1.54) is 6.07 Å². The fourth-order valence-electron chi connectivity index (χ4n) is 2.59. The van der Waals surface area contributed by atoms with Crippen molar-refractivity contribution in [3.8, 4) is 0 Å². The minimum atomic E-state index is -3.61. The number of hydrogen-bond donors (Lipinski definition) is 2. The minimum absolute atomic E-state index is 0.0425. The van der Waals surface area contributed by atoms with Crippen molar-refractivity contribution >= 4 is 21.6 Å². The molecular formula is C15H18N4O3S. The first-order valence-electron chi connectivity index (χ1n) is 7.36. The first-order valence-corrected chi connectivity index (χ1v) is 8.85. The van der Waals surface area contributed by atoms with Gasteiger partial charge in [0.2, 0.25) is 15.9 Å². The third-order valence-electron chi connectivity index (χ3n) is 3.66. The van der Waals surface area contributed by atoms with Crippen LogP contribution < -0.4 is 10.0 Å². The van der Waals surface area contributed by atoms with E-state index < -0.39 is 10.0 Å². The fraction of sp³-hybridized carbons (Fsp3) is 0.333. The summed E-state index contributed by atoms with van der Waals surface area (Å²) in [5.41, 5.74) is 1.52. The van der Waals surface area contributed by atoms with Gasteiger partial charge in [0.25, 0.3) is 0 Å². The van der Waals surface area contributed by atoms with Crippen molar-refractivity contribution in [1.29, 1.82) is 0 Å². The van der Waals surface area contributed by atoms with Crippen molar-refractivity contribution in [3.63, 3.8) is 0 Å². The average molecular weight is 334 g/mol. The molecule has 7 nitrogen and oxygen atoms in total. The molecule has 2 heterocycles. The lowest BCUT2D eigenvalue weighted by atomic mass is 10.0. The van der Waals surface area contributed by atoms with Gasteiger partial charge in [0.15, 0.2) is 0 Å². The molecule has 3 rings (SSSR count). The topological polar surface area (TPSA) is 93.1 Å². The van der Waals surface area contributed by atoms with E-state index in [0.29, 0.717) is 25.1 Å². The van der Waals surface area contributed by atoms with Crippen LogP contribution in [0, 0.1) is 0 Å². The van der Waals surface area contributed by atoms with Crippen molar-refractivity contribution in [2.24, 2.45) is 0 Å². The number of rotatable bonds is 5. The fourth-order valence-corrected chi connectivity index (χ4v) is 3.87. The first-order chi connectivity index (χ1) is 10.9. The molecule has 122 valence electrons. The highest BCUT2D eigenvalue weighted by atomic mass is 32.2. The van der Waals surface area contributed by atoms with Crippen molar-refractivity contribution < 1.29 is 13.2 Å². The maximum atomic E-state index is 12.5. The van der Waals surface area contributed by atoms with E-state index >= 15 is 0 Å². The number of benzene rings is 1. The third kappa shape index (κ3) is 3.59. The van der Waals surface area contributed by atoms with E-state index in [2.05, 4.69) is 15.1 Å². The first kappa shape index (κ1) is 15.7. The Morgan fingerprint density at radius 1 is 1.39 bits per heavy atom. The van der Waals surface area contributed by atoms with Crippen LogP contribution in [0.5, 0.6) is 0 Å². The predicted octanol–water partition coefficient (Wildman–Crippen LogP) is 1.13. The molecule has 1 aromatic carbocycles. The number of aromatic nitrogens is 2. The molecule has 1 aliphatic heterocycles. The van der Waals surface area contributed by atoms with Crippen LogP contribution in [0.3, 0.4) is 0 Å². The van der Waals surface area contributed by atoms with Gasteiger partial charge in [-0.25, -0.2) is 13.1 Å². The highest BCUT2D eigenvalue weighted by Crippen LogP contribution is 2.25. The van der Waals surface area contributed by atoms with Gasteiger partial charge in [-0.2, -0.15) is 5.10 Å². The number of carbonyl (C=O) groups excluding carboxylic acids is 1. The van der Waals surface area contributed by atoms with Crippen molar-refractivity contribution in [3.05, 3.63) is 42.2 Å². The lowest BCUT2D eigenvalue weighted by Gasteiger charge is -2.19. The Morgan fingerprint density at radius 2 is 2.22 bits per heavy atom. The number of sulfonamides is 1. The smallest absolute Gasteiger partial charge is 0.240 e. The molecular weight excluding hydrogens is 316 g/mol. The normalized spacial score (nSPS) is 15.8. The molecule has 0 saturated carbocycles. The Hall–Kier alpha value is -2.19. The highest BCUT2D eigenvalue weighted by Gasteiger charge is 2.21. The van der Waals surface area contributed by atoms with E-state index in [9.17, 15) is 13.2 Å². The Morgan fingerprint density at radius 3 is 2.96 bits per heavy atom. The van der Waals surface area contributed by atoms with Gasteiger partial charge >= 0.3 is 0 Å². The van der Waals surface area contributed by atoms with Crippen LogP contribution in [-0.2, 0) is 27.8 Å². The molecule has 2 aromatic rings. The predicted molar refractivity (Wildman–Crippen MR) is 85.4 cm³/mol. The monoisotopic (exact) mass is 334 g/mol. The molecule has 23 heavy (non-hydrogen) atoms. The molecule has 1 aromatic heterocycles. The second-order valence-corrected chi connectivity index (χ2v) is 7.33. The summed E-state index contributed by atoms with van der Waals surface area (Å²) in [6.07, 6.45) is 4.36. The minimum Gasteiger partial charge on any atom is -0.326 e. The summed E-state index contributed by atoms with van der Waals surface area (Å²) in [6, 6.07) is 6.26. The van der Waals surface area contributed by atoms with Crippen LogP contribution >= 0.6 is 0 Å². The number of amides is 1. The third-order valence-corrected chi connectivity index (χ3v) is 5.25. The van der Waals surface area contributed by atoms with Crippen LogP contribution in [0.25, 0.3) is 0 Å². The van der Waals surface area contributed by atoms with Gasteiger partial charge in [-0.1, -0.05) is 0 Å². The molecule has 0 unspecified atom stereocenters. The summed E-state index contributed by atoms with van der Waals surface area (Å²) in [6.45, 7) is 2.24. The van der Waals surface area contributed by atoms with Gasteiger partial charge in [0.1, 0.15) is 0 Å². The van der Waals surface area contributed by atoms with E-state index in [1.54, 1.807) is 42.2 Å². The number of carbonyl (C=O) groups is 1. The standard InChI is InChI=1S/C15H18N4O3S/c1-11(10-19-8-2-7-16-19)18-23(21,22)13-4-5-14-12(9-13)3-6-15(20)17-14/h2,4-5,7-9,11,18H,3,6,10H2,1H3,(H,17,20)/t11-/m1/s1. The van der Waals surface area contributed by atoms with Gasteiger partial charge < -0.3 is 5.32 Å². The van der Waals surface area contributed by atoms with Crippen LogP contribution in [0.4, 0.5) is 5.69 Å². The second kappa shape index (κ2) is 6.13. The molecule has 1 aliphatic rings. The van der Waals surface area contributed by atoms with Crippen molar-refractivity contribution in [1.82, 2.24) is 14.5 Å². The Balaban J connectivity index is 1.75. The molecule has 1 atom stereocenters. The van der Waals surface area contributed by atoms with Crippen molar-refractivity contribution in [2.75, 3.05) is 5.32 Å². The van der Waals surface area contributed by atoms with Gasteiger partial charge in [0, 0.05) is 30.5 Å². The van der Waals surface area contributed by atoms with E-state index in [1.807, 2.05) is 0 Å². The van der Waals surface area contributed by atoms with Crippen molar-refractivity contribution in [2.45, 2.75) is 37.2 Å².